The van der Waals surface area contributed by atoms with Gasteiger partial charge in [0.15, 0.2) is 5.69 Å². The highest BCUT2D eigenvalue weighted by Gasteiger charge is 2.31. The number of benzene rings is 2. The Kier molecular flexibility index (Phi) is 6.19. The van der Waals surface area contributed by atoms with E-state index < -0.39 is 23.9 Å². The molecule has 1 fully saturated rings. The summed E-state index contributed by atoms with van der Waals surface area (Å²) in [6.45, 7) is 0.402. The number of nitrogens with one attached hydrogen (secondary N) is 2. The highest BCUT2D eigenvalue weighted by atomic mass is 16.6. The Morgan fingerprint density at radius 2 is 1.74 bits per heavy atom. The predicted octanol–water partition coefficient (Wildman–Crippen LogP) is 3.26. The average molecular weight is 477 g/mol. The molecule has 1 aliphatic carbocycles. The molecule has 1 saturated heterocycles. The van der Waals surface area contributed by atoms with Crippen molar-refractivity contribution in [2.24, 2.45) is 5.92 Å². The summed E-state index contributed by atoms with van der Waals surface area (Å²) < 4.78 is 15.9. The largest absolute Gasteiger partial charge is 0.481 e. The predicted molar refractivity (Wildman–Crippen MR) is 123 cm³/mol. The van der Waals surface area contributed by atoms with E-state index in [1.807, 2.05) is 36.4 Å². The van der Waals surface area contributed by atoms with Crippen molar-refractivity contribution in [3.63, 3.8) is 0 Å². The second kappa shape index (κ2) is 9.59. The van der Waals surface area contributed by atoms with Gasteiger partial charge < -0.3 is 24.4 Å². The maximum Gasteiger partial charge on any atom is 0.414 e. The normalized spacial score (nSPS) is 18.5. The number of carbonyl (C=O) groups is 3. The van der Waals surface area contributed by atoms with Crippen molar-refractivity contribution in [3.05, 3.63) is 71.4 Å². The van der Waals surface area contributed by atoms with E-state index in [0.717, 1.165) is 22.3 Å². The fraction of sp³-hybridized carbons (Fsp3) is 0.280. The number of hydrogen-bond acceptors (Lipinski definition) is 7. The Morgan fingerprint density at radius 1 is 1.06 bits per heavy atom. The van der Waals surface area contributed by atoms with Crippen LogP contribution in [-0.4, -0.2) is 54.1 Å². The molecule has 1 aliphatic heterocycles. The van der Waals surface area contributed by atoms with E-state index in [0.29, 0.717) is 6.42 Å². The van der Waals surface area contributed by atoms with E-state index in [2.05, 4.69) is 27.9 Å². The lowest BCUT2D eigenvalue weighted by Crippen LogP contribution is -2.32. The molecule has 2 heterocycles. The van der Waals surface area contributed by atoms with Crippen molar-refractivity contribution in [3.8, 4) is 11.1 Å². The van der Waals surface area contributed by atoms with Crippen LogP contribution in [0, 0.1) is 5.92 Å². The molecule has 2 aliphatic rings. The Balaban J connectivity index is 1.13. The van der Waals surface area contributed by atoms with E-state index in [9.17, 15) is 14.4 Å². The second-order valence-electron chi connectivity index (χ2n) is 8.46. The van der Waals surface area contributed by atoms with E-state index in [1.54, 1.807) is 0 Å². The van der Waals surface area contributed by atoms with Gasteiger partial charge in [-0.2, -0.15) is 0 Å². The smallest absolute Gasteiger partial charge is 0.414 e. The lowest BCUT2D eigenvalue weighted by atomic mass is 9.98. The number of nitrogens with zero attached hydrogens (tertiary/aromatic N) is 1. The van der Waals surface area contributed by atoms with Crippen LogP contribution >= 0.6 is 0 Å². The highest BCUT2D eigenvalue weighted by molar-refractivity contribution is 5.93. The van der Waals surface area contributed by atoms with Gasteiger partial charge in [0.25, 0.3) is 5.91 Å². The highest BCUT2D eigenvalue weighted by Crippen LogP contribution is 2.44. The first-order valence-electron chi connectivity index (χ1n) is 11.2. The fourth-order valence-corrected chi connectivity index (χ4v) is 4.49. The van der Waals surface area contributed by atoms with Crippen molar-refractivity contribution in [1.29, 1.82) is 0 Å². The standard InChI is InChI=1S/C25H23N3O7/c29-23(26-11-15-9-14(12-33-15)24(30)31)21-10-22(35-28-21)27-25(32)34-13-20-18-7-3-1-5-16(18)17-6-2-4-8-19(17)20/h1-8,10,14-15,20H,9,11-13H2,(H,26,29)(H,27,32)(H,30,31)/t14-,15-/m0/s1. The lowest BCUT2D eigenvalue weighted by Gasteiger charge is -2.13. The minimum atomic E-state index is -0.917. The van der Waals surface area contributed by atoms with Crippen molar-refractivity contribution in [2.75, 3.05) is 25.1 Å². The molecule has 0 saturated carbocycles. The van der Waals surface area contributed by atoms with Crippen LogP contribution in [0.4, 0.5) is 10.7 Å². The molecular weight excluding hydrogens is 454 g/mol. The molecule has 5 rings (SSSR count). The third kappa shape index (κ3) is 4.73. The molecule has 3 N–H and O–H groups in total. The minimum absolute atomic E-state index is 0.0320. The summed E-state index contributed by atoms with van der Waals surface area (Å²) in [6, 6.07) is 17.3. The van der Waals surface area contributed by atoms with Gasteiger partial charge in [-0.05, 0) is 28.7 Å². The van der Waals surface area contributed by atoms with Crippen LogP contribution in [0.5, 0.6) is 0 Å². The number of fused-ring (bicyclic) bond motifs is 3. The van der Waals surface area contributed by atoms with Crippen LogP contribution < -0.4 is 10.6 Å². The number of aliphatic carboxylic acids is 1. The van der Waals surface area contributed by atoms with E-state index in [1.165, 1.54) is 6.07 Å². The van der Waals surface area contributed by atoms with Gasteiger partial charge in [-0.3, -0.25) is 14.9 Å². The van der Waals surface area contributed by atoms with Gasteiger partial charge in [-0.15, -0.1) is 0 Å². The topological polar surface area (TPSA) is 140 Å². The summed E-state index contributed by atoms with van der Waals surface area (Å²) in [5, 5.41) is 17.7. The minimum Gasteiger partial charge on any atom is -0.481 e. The number of hydrogen-bond donors (Lipinski definition) is 3. The summed E-state index contributed by atoms with van der Waals surface area (Å²) in [5.74, 6) is -2.13. The Morgan fingerprint density at radius 3 is 2.40 bits per heavy atom. The maximum atomic E-state index is 12.4. The van der Waals surface area contributed by atoms with Crippen LogP contribution in [0.15, 0.2) is 59.1 Å². The molecule has 3 aromatic rings. The van der Waals surface area contributed by atoms with Gasteiger partial charge in [0, 0.05) is 18.5 Å². The fourth-order valence-electron chi connectivity index (χ4n) is 4.49. The number of amides is 2. The number of carbonyl (C=O) groups excluding carboxylic acids is 2. The van der Waals surface area contributed by atoms with Gasteiger partial charge in [0.05, 0.1) is 18.6 Å². The molecule has 35 heavy (non-hydrogen) atoms. The molecule has 2 amide bonds. The van der Waals surface area contributed by atoms with Crippen molar-refractivity contribution in [2.45, 2.75) is 18.4 Å². The van der Waals surface area contributed by atoms with Crippen molar-refractivity contribution < 1.29 is 33.5 Å². The Hall–Kier alpha value is -4.18. The number of anilines is 1. The van der Waals surface area contributed by atoms with Gasteiger partial charge in [-0.1, -0.05) is 53.7 Å². The number of ether oxygens (including phenoxy) is 2. The third-order valence-corrected chi connectivity index (χ3v) is 6.23. The average Bonchev–Trinajstić information content (AvgIpc) is 3.59. The molecule has 10 heteroatoms. The maximum absolute atomic E-state index is 12.4. The summed E-state index contributed by atoms with van der Waals surface area (Å²) in [6.07, 6.45) is -0.789. The Bertz CT molecular complexity index is 1230. The molecule has 180 valence electrons. The summed E-state index contributed by atoms with van der Waals surface area (Å²) in [7, 11) is 0. The van der Waals surface area contributed by atoms with Crippen molar-refractivity contribution in [1.82, 2.24) is 10.5 Å². The summed E-state index contributed by atoms with van der Waals surface area (Å²) in [5.41, 5.74) is 4.42. The monoisotopic (exact) mass is 477 g/mol. The van der Waals surface area contributed by atoms with Crippen LogP contribution in [0.2, 0.25) is 0 Å². The zero-order valence-electron chi connectivity index (χ0n) is 18.6. The summed E-state index contributed by atoms with van der Waals surface area (Å²) >= 11 is 0. The van der Waals surface area contributed by atoms with E-state index in [-0.39, 0.29) is 43.4 Å². The summed E-state index contributed by atoms with van der Waals surface area (Å²) in [4.78, 5) is 35.7. The van der Waals surface area contributed by atoms with E-state index >= 15 is 0 Å². The Labute approximate surface area is 200 Å². The SMILES string of the molecule is O=C(Nc1cc(C(=O)NC[C@@H]2C[C@H](C(=O)O)CO2)no1)OCC1c2ccccc2-c2ccccc21. The first kappa shape index (κ1) is 22.6. The quantitative estimate of drug-likeness (QED) is 0.471. The molecule has 10 nitrogen and oxygen atoms in total. The molecule has 2 atom stereocenters. The zero-order valence-corrected chi connectivity index (χ0v) is 18.6. The van der Waals surface area contributed by atoms with Crippen LogP contribution in [-0.2, 0) is 14.3 Å². The number of aromatic nitrogens is 1. The molecule has 1 aromatic heterocycles. The first-order chi connectivity index (χ1) is 17.0. The molecule has 0 radical (unpaired) electrons. The molecule has 0 unspecified atom stereocenters. The zero-order chi connectivity index (χ0) is 24.4. The van der Waals surface area contributed by atoms with Gasteiger partial charge in [-0.25, -0.2) is 4.79 Å². The molecule has 2 aromatic carbocycles. The molecule has 0 spiro atoms. The molecule has 0 bridgehead atoms. The number of carboxylic acids is 1. The van der Waals surface area contributed by atoms with Crippen LogP contribution in [0.1, 0.15) is 34.0 Å². The molecular formula is C25H23N3O7. The van der Waals surface area contributed by atoms with Gasteiger partial charge in [0.2, 0.25) is 5.88 Å². The van der Waals surface area contributed by atoms with Crippen LogP contribution in [0.3, 0.4) is 0 Å². The third-order valence-electron chi connectivity index (χ3n) is 6.23. The lowest BCUT2D eigenvalue weighted by molar-refractivity contribution is -0.141. The first-order valence-corrected chi connectivity index (χ1v) is 11.2. The number of carboxylic acid groups (broad SMARTS) is 1. The van der Waals surface area contributed by atoms with Crippen LogP contribution in [0.25, 0.3) is 11.1 Å². The van der Waals surface area contributed by atoms with Crippen molar-refractivity contribution >= 4 is 23.9 Å². The van der Waals surface area contributed by atoms with Gasteiger partial charge >= 0.3 is 12.1 Å². The van der Waals surface area contributed by atoms with Gasteiger partial charge in [0.1, 0.15) is 6.61 Å². The van der Waals surface area contributed by atoms with E-state index in [4.69, 9.17) is 19.1 Å². The second-order valence-corrected chi connectivity index (χ2v) is 8.46. The number of rotatable bonds is 7.